The van der Waals surface area contributed by atoms with Crippen LogP contribution in [0, 0.1) is 19.7 Å². The summed E-state index contributed by atoms with van der Waals surface area (Å²) >= 11 is 0. The van der Waals surface area contributed by atoms with Crippen molar-refractivity contribution in [1.29, 1.82) is 0 Å². The van der Waals surface area contributed by atoms with Crippen LogP contribution in [0.3, 0.4) is 0 Å². The van der Waals surface area contributed by atoms with Gasteiger partial charge >= 0.3 is 0 Å². The van der Waals surface area contributed by atoms with Crippen molar-refractivity contribution in [3.8, 4) is 5.69 Å². The topological polar surface area (TPSA) is 44.5 Å². The average Bonchev–Trinajstić information content (AvgIpc) is 3.05. The van der Waals surface area contributed by atoms with Crippen molar-refractivity contribution >= 4 is 0 Å². The van der Waals surface area contributed by atoms with Gasteiger partial charge in [-0.2, -0.15) is 5.10 Å². The van der Waals surface area contributed by atoms with Crippen LogP contribution in [0.15, 0.2) is 54.6 Å². The van der Waals surface area contributed by atoms with E-state index >= 15 is 0 Å². The molecule has 1 aliphatic heterocycles. The fraction of sp³-hybridized carbons (Fsp3) is 0.400. The summed E-state index contributed by atoms with van der Waals surface area (Å²) in [5.41, 5.74) is 5.51. The Morgan fingerprint density at radius 1 is 1.00 bits per heavy atom. The molecule has 0 radical (unpaired) electrons. The van der Waals surface area contributed by atoms with E-state index in [0.717, 1.165) is 56.2 Å². The molecule has 5 nitrogen and oxygen atoms in total. The van der Waals surface area contributed by atoms with Crippen LogP contribution in [0.25, 0.3) is 5.69 Å². The lowest BCUT2D eigenvalue weighted by Crippen LogP contribution is -2.52. The van der Waals surface area contributed by atoms with Crippen LogP contribution in [0.5, 0.6) is 0 Å². The second-order valence-electron chi connectivity index (χ2n) is 8.39. The van der Waals surface area contributed by atoms with Crippen molar-refractivity contribution < 1.29 is 9.50 Å². The predicted molar refractivity (Wildman–Crippen MR) is 121 cm³/mol. The van der Waals surface area contributed by atoms with Gasteiger partial charge in [-0.25, -0.2) is 9.07 Å². The number of aliphatic hydroxyl groups excluding tert-OH is 1. The molecular weight excluding hydrogens is 391 g/mol. The standard InChI is InChI=1S/C25H31FN4O/c1-19-25(20(2)30(27-19)23-10-8-22(26)9-11-23)18-28-13-14-29(24(17-28)12-15-31)16-21-6-4-3-5-7-21/h3-11,24,31H,12-18H2,1-2H3/t24-/m0/s1. The predicted octanol–water partition coefficient (Wildman–Crippen LogP) is 3.70. The highest BCUT2D eigenvalue weighted by atomic mass is 19.1. The Balaban J connectivity index is 1.47. The first-order valence-corrected chi connectivity index (χ1v) is 11.0. The zero-order valence-corrected chi connectivity index (χ0v) is 18.3. The smallest absolute Gasteiger partial charge is 0.123 e. The molecule has 0 saturated carbocycles. The number of hydrogen-bond donors (Lipinski definition) is 1. The number of aliphatic hydroxyl groups is 1. The maximum absolute atomic E-state index is 13.3. The third-order valence-corrected chi connectivity index (χ3v) is 6.27. The maximum atomic E-state index is 13.3. The molecule has 4 rings (SSSR count). The van der Waals surface area contributed by atoms with Crippen LogP contribution >= 0.6 is 0 Å². The van der Waals surface area contributed by atoms with E-state index in [2.05, 4.69) is 41.0 Å². The fourth-order valence-electron chi connectivity index (χ4n) is 4.51. The molecule has 0 spiro atoms. The Hall–Kier alpha value is -2.54. The van der Waals surface area contributed by atoms with Crippen molar-refractivity contribution in [3.05, 3.63) is 82.9 Å². The molecule has 1 aliphatic rings. The van der Waals surface area contributed by atoms with Gasteiger partial charge in [-0.3, -0.25) is 9.80 Å². The summed E-state index contributed by atoms with van der Waals surface area (Å²) < 4.78 is 15.2. The van der Waals surface area contributed by atoms with E-state index < -0.39 is 0 Å². The summed E-state index contributed by atoms with van der Waals surface area (Å²) in [5, 5.41) is 14.3. The van der Waals surface area contributed by atoms with Gasteiger partial charge in [0.15, 0.2) is 0 Å². The van der Waals surface area contributed by atoms with Crippen LogP contribution < -0.4 is 0 Å². The van der Waals surface area contributed by atoms with E-state index in [-0.39, 0.29) is 12.4 Å². The maximum Gasteiger partial charge on any atom is 0.123 e. The summed E-state index contributed by atoms with van der Waals surface area (Å²) in [6.45, 7) is 8.95. The summed E-state index contributed by atoms with van der Waals surface area (Å²) in [6, 6.07) is 17.3. The summed E-state index contributed by atoms with van der Waals surface area (Å²) in [5.74, 6) is -0.242. The molecule has 3 aromatic rings. The van der Waals surface area contributed by atoms with Gasteiger partial charge in [-0.1, -0.05) is 30.3 Å². The summed E-state index contributed by atoms with van der Waals surface area (Å²) in [4.78, 5) is 4.96. The van der Waals surface area contributed by atoms with E-state index in [4.69, 9.17) is 5.10 Å². The monoisotopic (exact) mass is 422 g/mol. The second-order valence-corrected chi connectivity index (χ2v) is 8.39. The molecular formula is C25H31FN4O. The number of aromatic nitrogens is 2. The second kappa shape index (κ2) is 9.73. The molecule has 1 atom stereocenters. The largest absolute Gasteiger partial charge is 0.396 e. The lowest BCUT2D eigenvalue weighted by Gasteiger charge is -2.41. The van der Waals surface area contributed by atoms with Gasteiger partial charge in [-0.05, 0) is 50.1 Å². The molecule has 31 heavy (non-hydrogen) atoms. The molecule has 2 heterocycles. The van der Waals surface area contributed by atoms with Crippen LogP contribution in [0.2, 0.25) is 0 Å². The zero-order chi connectivity index (χ0) is 21.8. The number of nitrogens with zero attached hydrogens (tertiary/aromatic N) is 4. The highest BCUT2D eigenvalue weighted by molar-refractivity contribution is 5.37. The minimum absolute atomic E-state index is 0.199. The SMILES string of the molecule is Cc1nn(-c2ccc(F)cc2)c(C)c1CN1CCN(Cc2ccccc2)[C@@H](CCO)C1. The van der Waals surface area contributed by atoms with Crippen LogP contribution in [0.1, 0.15) is 28.9 Å². The van der Waals surface area contributed by atoms with Gasteiger partial charge in [0, 0.05) is 56.6 Å². The molecule has 0 unspecified atom stereocenters. The van der Waals surface area contributed by atoms with Gasteiger partial charge in [0.25, 0.3) is 0 Å². The number of halogens is 1. The minimum Gasteiger partial charge on any atom is -0.396 e. The normalized spacial score (nSPS) is 17.9. The van der Waals surface area contributed by atoms with E-state index in [1.807, 2.05) is 17.7 Å². The highest BCUT2D eigenvalue weighted by Gasteiger charge is 2.28. The van der Waals surface area contributed by atoms with E-state index in [0.29, 0.717) is 6.04 Å². The van der Waals surface area contributed by atoms with Gasteiger partial charge < -0.3 is 5.11 Å². The number of hydrogen-bond acceptors (Lipinski definition) is 4. The quantitative estimate of drug-likeness (QED) is 0.631. The number of benzene rings is 2. The molecule has 1 aromatic heterocycles. The molecule has 2 aromatic carbocycles. The average molecular weight is 423 g/mol. The van der Waals surface area contributed by atoms with Gasteiger partial charge in [0.1, 0.15) is 5.82 Å². The molecule has 6 heteroatoms. The molecule has 1 fully saturated rings. The first kappa shape index (κ1) is 21.7. The Morgan fingerprint density at radius 2 is 1.74 bits per heavy atom. The highest BCUT2D eigenvalue weighted by Crippen LogP contribution is 2.23. The first-order valence-electron chi connectivity index (χ1n) is 11.0. The molecule has 164 valence electrons. The van der Waals surface area contributed by atoms with Crippen molar-refractivity contribution in [2.45, 2.75) is 39.4 Å². The molecule has 1 saturated heterocycles. The van der Waals surface area contributed by atoms with Gasteiger partial charge in [0.05, 0.1) is 11.4 Å². The van der Waals surface area contributed by atoms with Crippen molar-refractivity contribution in [3.63, 3.8) is 0 Å². The number of rotatable bonds is 7. The third-order valence-electron chi connectivity index (χ3n) is 6.27. The van der Waals surface area contributed by atoms with Crippen LogP contribution in [0.4, 0.5) is 4.39 Å². The Labute approximate surface area is 183 Å². The summed E-state index contributed by atoms with van der Waals surface area (Å²) in [7, 11) is 0. The van der Waals surface area contributed by atoms with Crippen molar-refractivity contribution in [1.82, 2.24) is 19.6 Å². The van der Waals surface area contributed by atoms with E-state index in [1.54, 1.807) is 12.1 Å². The van der Waals surface area contributed by atoms with E-state index in [9.17, 15) is 9.50 Å². The van der Waals surface area contributed by atoms with Crippen LogP contribution in [-0.2, 0) is 13.1 Å². The first-order chi connectivity index (χ1) is 15.0. The van der Waals surface area contributed by atoms with Crippen molar-refractivity contribution in [2.24, 2.45) is 0 Å². The Kier molecular flexibility index (Phi) is 6.80. The Bertz CT molecular complexity index is 987. The van der Waals surface area contributed by atoms with Gasteiger partial charge in [0.2, 0.25) is 0 Å². The van der Waals surface area contributed by atoms with E-state index in [1.165, 1.54) is 23.3 Å². The molecule has 0 amide bonds. The van der Waals surface area contributed by atoms with Crippen molar-refractivity contribution in [2.75, 3.05) is 26.2 Å². The zero-order valence-electron chi connectivity index (χ0n) is 18.3. The number of piperazine rings is 1. The lowest BCUT2D eigenvalue weighted by molar-refractivity contribution is 0.0498. The third kappa shape index (κ3) is 5.03. The summed E-state index contributed by atoms with van der Waals surface area (Å²) in [6.07, 6.45) is 0.774. The van der Waals surface area contributed by atoms with Crippen LogP contribution in [-0.4, -0.2) is 57.0 Å². The number of aryl methyl sites for hydroxylation is 1. The Morgan fingerprint density at radius 3 is 2.45 bits per heavy atom. The molecule has 0 bridgehead atoms. The minimum atomic E-state index is -0.242. The fourth-order valence-corrected chi connectivity index (χ4v) is 4.51. The lowest BCUT2D eigenvalue weighted by atomic mass is 10.1. The molecule has 0 aliphatic carbocycles. The molecule has 1 N–H and O–H groups in total. The van der Waals surface area contributed by atoms with Gasteiger partial charge in [-0.15, -0.1) is 0 Å².